The fraction of sp³-hybridized carbons (Fsp3) is 0.351. The first-order chi connectivity index (χ1) is 23.4. The van der Waals surface area contributed by atoms with Crippen LogP contribution in [0.4, 0.5) is 5.69 Å². The van der Waals surface area contributed by atoms with Gasteiger partial charge in [-0.05, 0) is 108 Å². The van der Waals surface area contributed by atoms with Crippen molar-refractivity contribution < 1.29 is 14.4 Å². The van der Waals surface area contributed by atoms with Gasteiger partial charge in [0.1, 0.15) is 0 Å². The minimum Gasteiger partial charge on any atom is -0.361 e. The van der Waals surface area contributed by atoms with Crippen molar-refractivity contribution in [1.29, 1.82) is 0 Å². The molecule has 0 saturated heterocycles. The van der Waals surface area contributed by atoms with Crippen molar-refractivity contribution in [2.24, 2.45) is 23.2 Å². The van der Waals surface area contributed by atoms with Gasteiger partial charge in [-0.25, -0.2) is 5.10 Å². The molecule has 2 aromatic heterocycles. The Morgan fingerprint density at radius 1 is 0.833 bits per heavy atom. The lowest BCUT2D eigenvalue weighted by Gasteiger charge is -2.56. The van der Waals surface area contributed by atoms with Crippen LogP contribution >= 0.6 is 0 Å². The summed E-state index contributed by atoms with van der Waals surface area (Å²) < 4.78 is 0. The SMILES string of the molecule is O=C(NCC(C(=O)Nc1cccc(-c2nnn[nH]2)c1)c1ccccc1)c1cc2[nH]ccc2cc1C(=O)NCC12CC3CC(CC(C3)C1)C2. The number of tetrazole rings is 1. The van der Waals surface area contributed by atoms with Crippen LogP contribution in [0.3, 0.4) is 0 Å². The third-order valence-electron chi connectivity index (χ3n) is 10.7. The van der Waals surface area contributed by atoms with Crippen molar-refractivity contribution in [3.8, 4) is 11.4 Å². The molecule has 4 aliphatic carbocycles. The topological polar surface area (TPSA) is 158 Å². The van der Waals surface area contributed by atoms with Gasteiger partial charge >= 0.3 is 0 Å². The Hall–Kier alpha value is -5.32. The molecule has 11 heteroatoms. The van der Waals surface area contributed by atoms with Crippen molar-refractivity contribution in [1.82, 2.24) is 36.2 Å². The molecule has 0 radical (unpaired) electrons. The second kappa shape index (κ2) is 12.4. The molecule has 48 heavy (non-hydrogen) atoms. The van der Waals surface area contributed by atoms with Crippen molar-refractivity contribution >= 4 is 34.3 Å². The Bertz CT molecular complexity index is 1930. The third-order valence-corrected chi connectivity index (χ3v) is 10.7. The number of hydrogen-bond acceptors (Lipinski definition) is 6. The number of carbonyl (C=O) groups is 3. The van der Waals surface area contributed by atoms with Crippen LogP contribution in [0.5, 0.6) is 0 Å². The molecule has 4 saturated carbocycles. The van der Waals surface area contributed by atoms with Crippen molar-refractivity contribution in [2.75, 3.05) is 18.4 Å². The highest BCUT2D eigenvalue weighted by molar-refractivity contribution is 6.10. The largest absolute Gasteiger partial charge is 0.361 e. The molecule has 5 N–H and O–H groups in total. The number of hydrogen-bond donors (Lipinski definition) is 5. The summed E-state index contributed by atoms with van der Waals surface area (Å²) in [5.41, 5.74) is 3.58. The minimum absolute atomic E-state index is 0.0253. The van der Waals surface area contributed by atoms with Crippen LogP contribution in [0.15, 0.2) is 79.0 Å². The average molecular weight is 643 g/mol. The highest BCUT2D eigenvalue weighted by atomic mass is 16.2. The molecule has 244 valence electrons. The molecule has 3 amide bonds. The van der Waals surface area contributed by atoms with Gasteiger partial charge in [0, 0.05) is 41.4 Å². The van der Waals surface area contributed by atoms with Gasteiger partial charge in [0.2, 0.25) is 5.91 Å². The highest BCUT2D eigenvalue weighted by Gasteiger charge is 2.50. The number of aromatic nitrogens is 5. The van der Waals surface area contributed by atoms with Crippen molar-refractivity contribution in [2.45, 2.75) is 44.4 Å². The molecular formula is C37H38N8O3. The molecule has 0 aliphatic heterocycles. The zero-order chi connectivity index (χ0) is 32.7. The summed E-state index contributed by atoms with van der Waals surface area (Å²) in [5, 5.41) is 24.0. The van der Waals surface area contributed by atoms with E-state index in [4.69, 9.17) is 0 Å². The number of rotatable bonds is 10. The van der Waals surface area contributed by atoms with Gasteiger partial charge < -0.3 is 20.9 Å². The van der Waals surface area contributed by atoms with Gasteiger partial charge in [-0.1, -0.05) is 42.5 Å². The minimum atomic E-state index is -0.701. The van der Waals surface area contributed by atoms with E-state index in [2.05, 4.69) is 41.6 Å². The average Bonchev–Trinajstić information content (AvgIpc) is 3.80. The van der Waals surface area contributed by atoms with E-state index >= 15 is 0 Å². The standard InChI is InChI=1S/C37H38N8O3/c46-34(39-20-31(25-5-2-1-3-6-25)36(48)41-28-8-4-7-27(14-28)33-42-44-45-43-33)30-16-32-26(9-10-38-32)15-29(30)35(47)40-21-37-17-22-11-23(18-37)13-24(12-22)19-37/h1-10,14-16,22-24,31,38H,11-13,17-21H2,(H,39,46)(H,40,47)(H,41,48)(H,42,43,44,45). The molecular weight excluding hydrogens is 604 g/mol. The number of H-pyrrole nitrogens is 2. The summed E-state index contributed by atoms with van der Waals surface area (Å²) in [6, 6.07) is 21.9. The summed E-state index contributed by atoms with van der Waals surface area (Å²) in [6.45, 7) is 0.670. The van der Waals surface area contributed by atoms with Gasteiger partial charge in [0.25, 0.3) is 11.8 Å². The zero-order valence-corrected chi connectivity index (χ0v) is 26.5. The van der Waals surface area contributed by atoms with E-state index in [0.29, 0.717) is 23.6 Å². The molecule has 4 aliphatic rings. The van der Waals surface area contributed by atoms with Crippen LogP contribution in [0.1, 0.15) is 70.7 Å². The van der Waals surface area contributed by atoms with Gasteiger partial charge in [-0.15, -0.1) is 5.10 Å². The van der Waals surface area contributed by atoms with Crippen LogP contribution in [-0.4, -0.2) is 56.4 Å². The number of amides is 3. The number of nitrogens with one attached hydrogen (secondary N) is 5. The molecule has 9 rings (SSSR count). The number of carbonyl (C=O) groups excluding carboxylic acids is 3. The summed E-state index contributed by atoms with van der Waals surface area (Å²) in [5.74, 6) is 1.20. The zero-order valence-electron chi connectivity index (χ0n) is 26.5. The normalized spacial score (nSPS) is 23.1. The molecule has 2 heterocycles. The first-order valence-electron chi connectivity index (χ1n) is 16.8. The molecule has 1 unspecified atom stereocenters. The predicted octanol–water partition coefficient (Wildman–Crippen LogP) is 5.45. The van der Waals surface area contributed by atoms with E-state index in [-0.39, 0.29) is 29.3 Å². The van der Waals surface area contributed by atoms with Crippen LogP contribution in [0, 0.1) is 23.2 Å². The van der Waals surface area contributed by atoms with E-state index in [9.17, 15) is 14.4 Å². The third kappa shape index (κ3) is 5.96. The first-order valence-corrected chi connectivity index (χ1v) is 16.8. The van der Waals surface area contributed by atoms with E-state index in [1.165, 1.54) is 38.5 Å². The van der Waals surface area contributed by atoms with Crippen LogP contribution < -0.4 is 16.0 Å². The van der Waals surface area contributed by atoms with E-state index in [0.717, 1.165) is 39.8 Å². The number of nitrogens with zero attached hydrogens (tertiary/aromatic N) is 3. The number of anilines is 1. The second-order valence-electron chi connectivity index (χ2n) is 14.1. The number of benzene rings is 3. The lowest BCUT2D eigenvalue weighted by atomic mass is 9.49. The fourth-order valence-electron chi connectivity index (χ4n) is 8.94. The Morgan fingerprint density at radius 2 is 1.56 bits per heavy atom. The summed E-state index contributed by atoms with van der Waals surface area (Å²) in [4.78, 5) is 44.6. The molecule has 1 atom stereocenters. The molecule has 0 spiro atoms. The van der Waals surface area contributed by atoms with E-state index < -0.39 is 11.8 Å². The summed E-state index contributed by atoms with van der Waals surface area (Å²) >= 11 is 0. The first kappa shape index (κ1) is 30.0. The highest BCUT2D eigenvalue weighted by Crippen LogP contribution is 2.59. The van der Waals surface area contributed by atoms with Crippen LogP contribution in [-0.2, 0) is 4.79 Å². The maximum atomic E-state index is 13.9. The second-order valence-corrected chi connectivity index (χ2v) is 14.1. The van der Waals surface area contributed by atoms with E-state index in [1.807, 2.05) is 42.5 Å². The monoisotopic (exact) mass is 642 g/mol. The molecule has 4 bridgehead atoms. The predicted molar refractivity (Wildman–Crippen MR) is 181 cm³/mol. The van der Waals surface area contributed by atoms with Gasteiger partial charge in [-0.3, -0.25) is 14.4 Å². The van der Waals surface area contributed by atoms with Crippen molar-refractivity contribution in [3.05, 3.63) is 95.7 Å². The van der Waals surface area contributed by atoms with Crippen LogP contribution in [0.25, 0.3) is 22.3 Å². The molecule has 4 fully saturated rings. The lowest BCUT2D eigenvalue weighted by molar-refractivity contribution is -0.117. The van der Waals surface area contributed by atoms with Crippen LogP contribution in [0.2, 0.25) is 0 Å². The molecule has 3 aromatic carbocycles. The smallest absolute Gasteiger partial charge is 0.252 e. The Kier molecular flexibility index (Phi) is 7.74. The van der Waals surface area contributed by atoms with Gasteiger partial charge in [0.05, 0.1) is 17.0 Å². The summed E-state index contributed by atoms with van der Waals surface area (Å²) in [6.07, 6.45) is 9.40. The quantitative estimate of drug-likeness (QED) is 0.136. The Balaban J connectivity index is 1.00. The van der Waals surface area contributed by atoms with Crippen molar-refractivity contribution in [3.63, 3.8) is 0 Å². The molecule has 11 nitrogen and oxygen atoms in total. The maximum Gasteiger partial charge on any atom is 0.252 e. The number of aromatic amines is 2. The van der Waals surface area contributed by atoms with Gasteiger partial charge in [0.15, 0.2) is 5.82 Å². The van der Waals surface area contributed by atoms with E-state index in [1.54, 1.807) is 36.5 Å². The van der Waals surface area contributed by atoms with Gasteiger partial charge in [-0.2, -0.15) is 0 Å². The Labute approximate surface area is 277 Å². The Morgan fingerprint density at radius 3 is 2.29 bits per heavy atom. The fourth-order valence-corrected chi connectivity index (χ4v) is 8.94. The summed E-state index contributed by atoms with van der Waals surface area (Å²) in [7, 11) is 0. The molecule has 5 aromatic rings. The number of fused-ring (bicyclic) bond motifs is 1. The lowest BCUT2D eigenvalue weighted by Crippen LogP contribution is -2.51. The maximum absolute atomic E-state index is 13.9.